The van der Waals surface area contributed by atoms with Crippen LogP contribution in [0.1, 0.15) is 37.4 Å². The van der Waals surface area contributed by atoms with Crippen molar-refractivity contribution < 1.29 is 13.7 Å². The monoisotopic (exact) mass is 447 g/mol. The highest BCUT2D eigenvalue weighted by atomic mass is 19.1. The molecular weight excluding hydrogens is 425 g/mol. The van der Waals surface area contributed by atoms with Crippen LogP contribution in [0.3, 0.4) is 0 Å². The van der Waals surface area contributed by atoms with Crippen molar-refractivity contribution in [2.24, 2.45) is 0 Å². The first kappa shape index (κ1) is 20.9. The van der Waals surface area contributed by atoms with Crippen LogP contribution < -0.4 is 5.32 Å². The van der Waals surface area contributed by atoms with Gasteiger partial charge in [-0.15, -0.1) is 10.2 Å². The maximum absolute atomic E-state index is 14.6. The zero-order valence-corrected chi connectivity index (χ0v) is 17.9. The molecule has 1 aliphatic heterocycles. The summed E-state index contributed by atoms with van der Waals surface area (Å²) in [7, 11) is 0. The van der Waals surface area contributed by atoms with Gasteiger partial charge in [0.15, 0.2) is 5.82 Å². The maximum Gasteiger partial charge on any atom is 0.227 e. The van der Waals surface area contributed by atoms with Crippen LogP contribution in [-0.4, -0.2) is 35.8 Å². The van der Waals surface area contributed by atoms with Crippen LogP contribution in [0.15, 0.2) is 47.2 Å². The van der Waals surface area contributed by atoms with E-state index in [2.05, 4.69) is 30.6 Å². The van der Waals surface area contributed by atoms with E-state index < -0.39 is 5.82 Å². The summed E-state index contributed by atoms with van der Waals surface area (Å²) >= 11 is 0. The molecule has 33 heavy (non-hydrogen) atoms. The van der Waals surface area contributed by atoms with E-state index in [-0.39, 0.29) is 18.7 Å². The number of pyridine rings is 1. The van der Waals surface area contributed by atoms with E-state index in [4.69, 9.17) is 4.52 Å². The molecule has 10 heteroatoms. The van der Waals surface area contributed by atoms with Gasteiger partial charge in [-0.05, 0) is 43.2 Å². The number of aromatic nitrogens is 6. The van der Waals surface area contributed by atoms with Crippen molar-refractivity contribution in [3.8, 4) is 22.8 Å². The third-order valence-corrected chi connectivity index (χ3v) is 5.57. The number of amides is 1. The van der Waals surface area contributed by atoms with Gasteiger partial charge in [-0.25, -0.2) is 4.39 Å². The van der Waals surface area contributed by atoms with Gasteiger partial charge >= 0.3 is 0 Å². The standard InChI is InChI=1S/C23H22FN7O2/c24-18-6-5-16(14-17(18)23-29-28-19-4-2-1-3-13-31(19)23)26-20(32)7-8-21-27-22(30-33-21)15-9-11-25-12-10-15/h5-6,9-12,14H,1-4,7-8,13H2,(H,26,32). The van der Waals surface area contributed by atoms with Crippen molar-refractivity contribution in [1.82, 2.24) is 29.9 Å². The van der Waals surface area contributed by atoms with Crippen molar-refractivity contribution in [2.75, 3.05) is 5.32 Å². The molecule has 0 radical (unpaired) electrons. The van der Waals surface area contributed by atoms with Gasteiger partial charge in [-0.2, -0.15) is 4.98 Å². The highest BCUT2D eigenvalue weighted by molar-refractivity contribution is 5.91. The number of hydrogen-bond donors (Lipinski definition) is 1. The molecule has 168 valence electrons. The molecule has 0 atom stereocenters. The van der Waals surface area contributed by atoms with E-state index in [1.165, 1.54) is 12.1 Å². The van der Waals surface area contributed by atoms with Crippen LogP contribution in [0.25, 0.3) is 22.8 Å². The van der Waals surface area contributed by atoms with E-state index in [0.717, 1.165) is 43.6 Å². The van der Waals surface area contributed by atoms with E-state index in [0.29, 0.717) is 28.8 Å². The molecule has 0 aliphatic carbocycles. The molecule has 0 fully saturated rings. The predicted octanol–water partition coefficient (Wildman–Crippen LogP) is 3.83. The number of rotatable bonds is 6. The Kier molecular flexibility index (Phi) is 5.88. The fourth-order valence-electron chi connectivity index (χ4n) is 3.88. The summed E-state index contributed by atoms with van der Waals surface area (Å²) in [6, 6.07) is 8.03. The Morgan fingerprint density at radius 1 is 1.12 bits per heavy atom. The number of hydrogen-bond acceptors (Lipinski definition) is 7. The third kappa shape index (κ3) is 4.64. The average Bonchev–Trinajstić information content (AvgIpc) is 3.41. The fourth-order valence-corrected chi connectivity index (χ4v) is 3.88. The second-order valence-electron chi connectivity index (χ2n) is 7.89. The average molecular weight is 447 g/mol. The largest absolute Gasteiger partial charge is 0.339 e. The molecule has 4 heterocycles. The van der Waals surface area contributed by atoms with E-state index >= 15 is 0 Å². The summed E-state index contributed by atoms with van der Waals surface area (Å²) in [6.45, 7) is 0.763. The van der Waals surface area contributed by atoms with Crippen LogP contribution >= 0.6 is 0 Å². The third-order valence-electron chi connectivity index (χ3n) is 5.57. The molecule has 0 saturated heterocycles. The topological polar surface area (TPSA) is 112 Å². The first-order valence-electron chi connectivity index (χ1n) is 10.9. The summed E-state index contributed by atoms with van der Waals surface area (Å²) in [5.74, 6) is 1.54. The Balaban J connectivity index is 1.25. The smallest absolute Gasteiger partial charge is 0.227 e. The number of halogens is 1. The molecule has 1 N–H and O–H groups in total. The van der Waals surface area contributed by atoms with Crippen LogP contribution in [0, 0.1) is 5.82 Å². The number of carbonyl (C=O) groups is 1. The lowest BCUT2D eigenvalue weighted by Crippen LogP contribution is -2.13. The van der Waals surface area contributed by atoms with Crippen LogP contribution in [0.4, 0.5) is 10.1 Å². The molecule has 1 aromatic carbocycles. The fraction of sp³-hybridized carbons (Fsp3) is 0.304. The second kappa shape index (κ2) is 9.27. The minimum absolute atomic E-state index is 0.144. The van der Waals surface area contributed by atoms with Crippen molar-refractivity contribution in [3.63, 3.8) is 0 Å². The van der Waals surface area contributed by atoms with E-state index in [9.17, 15) is 9.18 Å². The van der Waals surface area contributed by atoms with Gasteiger partial charge in [0.1, 0.15) is 11.6 Å². The molecule has 4 aromatic rings. The Bertz CT molecular complexity index is 1270. The molecule has 0 unspecified atom stereocenters. The van der Waals surface area contributed by atoms with Gasteiger partial charge in [-0.3, -0.25) is 9.78 Å². The summed E-state index contributed by atoms with van der Waals surface area (Å²) in [5.41, 5.74) is 1.60. The summed E-state index contributed by atoms with van der Waals surface area (Å²) in [4.78, 5) is 20.8. The van der Waals surface area contributed by atoms with Crippen molar-refractivity contribution in [2.45, 2.75) is 45.1 Å². The Morgan fingerprint density at radius 3 is 2.88 bits per heavy atom. The van der Waals surface area contributed by atoms with Gasteiger partial charge in [0.2, 0.25) is 17.6 Å². The minimum Gasteiger partial charge on any atom is -0.339 e. The van der Waals surface area contributed by atoms with E-state index in [1.807, 2.05) is 4.57 Å². The highest BCUT2D eigenvalue weighted by Crippen LogP contribution is 2.27. The van der Waals surface area contributed by atoms with Gasteiger partial charge in [-0.1, -0.05) is 11.6 Å². The number of anilines is 1. The molecule has 3 aromatic heterocycles. The summed E-state index contributed by atoms with van der Waals surface area (Å²) < 4.78 is 21.8. The van der Waals surface area contributed by atoms with E-state index in [1.54, 1.807) is 30.6 Å². The molecule has 0 saturated carbocycles. The lowest BCUT2D eigenvalue weighted by Gasteiger charge is -2.10. The predicted molar refractivity (Wildman–Crippen MR) is 117 cm³/mol. The number of nitrogens with zero attached hydrogens (tertiary/aromatic N) is 6. The number of aryl methyl sites for hydroxylation is 2. The van der Waals surface area contributed by atoms with Gasteiger partial charge < -0.3 is 14.4 Å². The lowest BCUT2D eigenvalue weighted by molar-refractivity contribution is -0.116. The number of fused-ring (bicyclic) bond motifs is 1. The van der Waals surface area contributed by atoms with Crippen molar-refractivity contribution in [1.29, 1.82) is 0 Å². The molecule has 0 spiro atoms. The minimum atomic E-state index is -0.401. The van der Waals surface area contributed by atoms with Gasteiger partial charge in [0, 0.05) is 49.5 Å². The highest BCUT2D eigenvalue weighted by Gasteiger charge is 2.19. The van der Waals surface area contributed by atoms with Crippen LogP contribution in [0.5, 0.6) is 0 Å². The van der Waals surface area contributed by atoms with Gasteiger partial charge in [0.25, 0.3) is 0 Å². The van der Waals surface area contributed by atoms with Crippen molar-refractivity contribution >= 4 is 11.6 Å². The zero-order valence-electron chi connectivity index (χ0n) is 17.9. The quantitative estimate of drug-likeness (QED) is 0.478. The first-order valence-corrected chi connectivity index (χ1v) is 10.9. The maximum atomic E-state index is 14.6. The molecular formula is C23H22FN7O2. The normalized spacial score (nSPS) is 13.4. The number of benzene rings is 1. The van der Waals surface area contributed by atoms with Crippen molar-refractivity contribution in [3.05, 3.63) is 60.3 Å². The Labute approximate surface area is 189 Å². The SMILES string of the molecule is O=C(CCc1nc(-c2ccncc2)no1)Nc1ccc(F)c(-c2nnc3n2CCCCC3)c1. The molecule has 9 nitrogen and oxygen atoms in total. The Morgan fingerprint density at radius 2 is 2.00 bits per heavy atom. The molecule has 5 rings (SSSR count). The molecule has 1 amide bonds. The summed E-state index contributed by atoms with van der Waals surface area (Å²) in [6.07, 6.45) is 7.74. The van der Waals surface area contributed by atoms with Crippen LogP contribution in [0.2, 0.25) is 0 Å². The lowest BCUT2D eigenvalue weighted by atomic mass is 10.1. The second-order valence-corrected chi connectivity index (χ2v) is 7.89. The first-order chi connectivity index (χ1) is 16.2. The number of nitrogens with one attached hydrogen (secondary N) is 1. The summed E-state index contributed by atoms with van der Waals surface area (Å²) in [5, 5.41) is 15.2. The Hall–Kier alpha value is -3.95. The number of carbonyl (C=O) groups excluding carboxylic acids is 1. The van der Waals surface area contributed by atoms with Crippen LogP contribution in [-0.2, 0) is 24.2 Å². The zero-order chi connectivity index (χ0) is 22.6. The van der Waals surface area contributed by atoms with Gasteiger partial charge in [0.05, 0.1) is 5.56 Å². The molecule has 0 bridgehead atoms. The molecule has 1 aliphatic rings.